The second kappa shape index (κ2) is 7.87. The number of nitrogens with one attached hydrogen (secondary N) is 1. The third-order valence-electron chi connectivity index (χ3n) is 3.88. The van der Waals surface area contributed by atoms with E-state index in [1.807, 2.05) is 52.0 Å². The van der Waals surface area contributed by atoms with Crippen molar-refractivity contribution in [1.82, 2.24) is 4.90 Å². The van der Waals surface area contributed by atoms with E-state index in [0.29, 0.717) is 5.03 Å². The minimum absolute atomic E-state index is 0.0635. The van der Waals surface area contributed by atoms with Crippen LogP contribution in [-0.2, 0) is 20.8 Å². The van der Waals surface area contributed by atoms with Gasteiger partial charge in [-0.05, 0) is 18.1 Å². The Morgan fingerprint density at radius 2 is 1.96 bits per heavy atom. The summed E-state index contributed by atoms with van der Waals surface area (Å²) in [6.45, 7) is 7.41. The molecule has 5 nitrogen and oxygen atoms in total. The van der Waals surface area contributed by atoms with Crippen molar-refractivity contribution >= 4 is 35.0 Å². The van der Waals surface area contributed by atoms with E-state index in [-0.39, 0.29) is 29.9 Å². The number of hydrogen-bond acceptors (Lipinski definition) is 4. The number of amides is 2. The molecule has 1 fully saturated rings. The van der Waals surface area contributed by atoms with Gasteiger partial charge in [-0.25, -0.2) is 0 Å². The molecule has 25 heavy (non-hydrogen) atoms. The number of rotatable bonds is 5. The Labute approximate surface area is 152 Å². The summed E-state index contributed by atoms with van der Waals surface area (Å²) in [6.07, 6.45) is 2.28. The van der Waals surface area contributed by atoms with Gasteiger partial charge in [0.15, 0.2) is 5.78 Å². The van der Waals surface area contributed by atoms with Gasteiger partial charge >= 0.3 is 0 Å². The van der Waals surface area contributed by atoms with Crippen LogP contribution in [-0.4, -0.2) is 34.8 Å². The van der Waals surface area contributed by atoms with Gasteiger partial charge in [-0.3, -0.25) is 19.3 Å². The van der Waals surface area contributed by atoms with Crippen molar-refractivity contribution in [2.45, 2.75) is 34.1 Å². The summed E-state index contributed by atoms with van der Waals surface area (Å²) in [6, 6.07) is 7.59. The first-order valence-corrected chi connectivity index (χ1v) is 9.28. The Balaban J connectivity index is 2.11. The predicted octanol–water partition coefficient (Wildman–Crippen LogP) is 3.22. The normalized spacial score (nSPS) is 16.4. The molecule has 6 heteroatoms. The summed E-state index contributed by atoms with van der Waals surface area (Å²) < 4.78 is 0. The van der Waals surface area contributed by atoms with Crippen LogP contribution < -0.4 is 5.32 Å². The number of ketones is 1. The molecule has 0 unspecified atom stereocenters. The second-order valence-corrected chi connectivity index (χ2v) is 7.92. The summed E-state index contributed by atoms with van der Waals surface area (Å²) in [4.78, 5) is 38.1. The van der Waals surface area contributed by atoms with Crippen LogP contribution in [0.5, 0.6) is 0 Å². The SMILES string of the molecule is CCc1ccccc1NC(=O)CN1C(=O)CS/C1=C/C(=O)C(C)(C)C. The van der Waals surface area contributed by atoms with E-state index in [1.54, 1.807) is 0 Å². The number of nitrogens with zero attached hydrogens (tertiary/aromatic N) is 1. The number of para-hydroxylation sites is 1. The van der Waals surface area contributed by atoms with Crippen LogP contribution in [0.3, 0.4) is 0 Å². The lowest BCUT2D eigenvalue weighted by Gasteiger charge is -2.19. The number of carbonyl (C=O) groups excluding carboxylic acids is 3. The van der Waals surface area contributed by atoms with Crippen LogP contribution >= 0.6 is 11.8 Å². The lowest BCUT2D eigenvalue weighted by atomic mass is 9.91. The molecule has 1 aromatic rings. The Hall–Kier alpha value is -2.08. The Kier molecular flexibility index (Phi) is 6.06. The first-order chi connectivity index (χ1) is 11.7. The zero-order valence-electron chi connectivity index (χ0n) is 15.1. The van der Waals surface area contributed by atoms with Gasteiger partial charge in [-0.1, -0.05) is 57.7 Å². The maximum atomic E-state index is 12.4. The topological polar surface area (TPSA) is 66.5 Å². The fourth-order valence-corrected chi connectivity index (χ4v) is 3.25. The van der Waals surface area contributed by atoms with Crippen molar-refractivity contribution in [3.8, 4) is 0 Å². The van der Waals surface area contributed by atoms with Crippen LogP contribution in [0.4, 0.5) is 5.69 Å². The van der Waals surface area contributed by atoms with E-state index in [2.05, 4.69) is 5.32 Å². The first-order valence-electron chi connectivity index (χ1n) is 8.29. The first kappa shape index (κ1) is 19.2. The number of allylic oxidation sites excluding steroid dienone is 1. The van der Waals surface area contributed by atoms with Crippen molar-refractivity contribution in [1.29, 1.82) is 0 Å². The molecular weight excluding hydrogens is 336 g/mol. The molecule has 1 aromatic carbocycles. The summed E-state index contributed by atoms with van der Waals surface area (Å²) >= 11 is 1.30. The highest BCUT2D eigenvalue weighted by molar-refractivity contribution is 8.04. The summed E-state index contributed by atoms with van der Waals surface area (Å²) in [5, 5.41) is 3.40. The molecule has 0 radical (unpaired) electrons. The summed E-state index contributed by atoms with van der Waals surface area (Å²) in [5.41, 5.74) is 1.27. The highest BCUT2D eigenvalue weighted by atomic mass is 32.2. The third kappa shape index (κ3) is 4.95. The Bertz CT molecular complexity index is 720. The lowest BCUT2D eigenvalue weighted by molar-refractivity contribution is -0.129. The summed E-state index contributed by atoms with van der Waals surface area (Å²) in [5.74, 6) is -0.239. The van der Waals surface area contributed by atoms with Crippen molar-refractivity contribution < 1.29 is 14.4 Å². The van der Waals surface area contributed by atoms with Crippen LogP contribution in [0.2, 0.25) is 0 Å². The molecule has 0 aromatic heterocycles. The average molecular weight is 360 g/mol. The predicted molar refractivity (Wildman–Crippen MR) is 101 cm³/mol. The standard InChI is InChI=1S/C19H24N2O3S/c1-5-13-8-6-7-9-14(13)20-16(23)11-21-17(24)12-25-18(21)10-15(22)19(2,3)4/h6-10H,5,11-12H2,1-4H3,(H,20,23)/b18-10+. The monoisotopic (exact) mass is 360 g/mol. The van der Waals surface area contributed by atoms with Gasteiger partial charge in [0, 0.05) is 17.2 Å². The Morgan fingerprint density at radius 3 is 2.60 bits per heavy atom. The number of carbonyl (C=O) groups is 3. The molecule has 134 valence electrons. The fraction of sp³-hybridized carbons (Fsp3) is 0.421. The highest BCUT2D eigenvalue weighted by Crippen LogP contribution is 2.30. The highest BCUT2D eigenvalue weighted by Gasteiger charge is 2.30. The van der Waals surface area contributed by atoms with Crippen molar-refractivity contribution in [2.24, 2.45) is 5.41 Å². The van der Waals surface area contributed by atoms with Gasteiger partial charge in [0.2, 0.25) is 11.8 Å². The van der Waals surface area contributed by atoms with Crippen LogP contribution in [0.25, 0.3) is 0 Å². The van der Waals surface area contributed by atoms with Crippen LogP contribution in [0.15, 0.2) is 35.4 Å². The van der Waals surface area contributed by atoms with Crippen molar-refractivity contribution in [3.05, 3.63) is 40.9 Å². The van der Waals surface area contributed by atoms with Crippen molar-refractivity contribution in [3.63, 3.8) is 0 Å². The molecule has 2 rings (SSSR count). The second-order valence-electron chi connectivity index (χ2n) is 6.92. The molecule has 1 aliphatic heterocycles. The van der Waals surface area contributed by atoms with E-state index in [4.69, 9.17) is 0 Å². The van der Waals surface area contributed by atoms with E-state index < -0.39 is 5.41 Å². The zero-order valence-corrected chi connectivity index (χ0v) is 15.9. The number of anilines is 1. The Morgan fingerprint density at radius 1 is 1.28 bits per heavy atom. The molecule has 0 spiro atoms. The smallest absolute Gasteiger partial charge is 0.244 e. The molecule has 0 bridgehead atoms. The fourth-order valence-electron chi connectivity index (χ4n) is 2.31. The maximum absolute atomic E-state index is 12.4. The quantitative estimate of drug-likeness (QED) is 0.819. The van der Waals surface area contributed by atoms with E-state index in [1.165, 1.54) is 22.7 Å². The number of hydrogen-bond donors (Lipinski definition) is 1. The molecule has 1 aliphatic rings. The third-order valence-corrected chi connectivity index (χ3v) is 4.90. The van der Waals surface area contributed by atoms with Gasteiger partial charge in [-0.2, -0.15) is 0 Å². The molecular formula is C19H24N2O3S. The number of benzene rings is 1. The molecule has 0 atom stereocenters. The zero-order chi connectivity index (χ0) is 18.6. The van der Waals surface area contributed by atoms with Gasteiger partial charge in [0.05, 0.1) is 10.8 Å². The lowest BCUT2D eigenvalue weighted by Crippen LogP contribution is -2.34. The molecule has 1 saturated heterocycles. The number of thioether (sulfide) groups is 1. The molecule has 1 N–H and O–H groups in total. The molecule has 0 aliphatic carbocycles. The number of aryl methyl sites for hydroxylation is 1. The maximum Gasteiger partial charge on any atom is 0.244 e. The van der Waals surface area contributed by atoms with Gasteiger partial charge in [0.1, 0.15) is 6.54 Å². The van der Waals surface area contributed by atoms with E-state index in [9.17, 15) is 14.4 Å². The average Bonchev–Trinajstić information content (AvgIpc) is 2.87. The largest absolute Gasteiger partial charge is 0.324 e. The van der Waals surface area contributed by atoms with Crippen molar-refractivity contribution in [2.75, 3.05) is 17.6 Å². The minimum Gasteiger partial charge on any atom is -0.324 e. The van der Waals surface area contributed by atoms with Crippen LogP contribution in [0, 0.1) is 5.41 Å². The summed E-state index contributed by atoms with van der Waals surface area (Å²) in [7, 11) is 0. The van der Waals surface area contributed by atoms with E-state index in [0.717, 1.165) is 17.7 Å². The molecule has 2 amide bonds. The molecule has 1 heterocycles. The van der Waals surface area contributed by atoms with Gasteiger partial charge in [-0.15, -0.1) is 0 Å². The minimum atomic E-state index is -0.521. The van der Waals surface area contributed by atoms with Gasteiger partial charge < -0.3 is 5.32 Å². The van der Waals surface area contributed by atoms with E-state index >= 15 is 0 Å². The van der Waals surface area contributed by atoms with Crippen LogP contribution in [0.1, 0.15) is 33.3 Å². The van der Waals surface area contributed by atoms with Gasteiger partial charge in [0.25, 0.3) is 0 Å². The molecule has 0 saturated carbocycles.